The molecule has 16 heteroatoms. The fourth-order valence-electron chi connectivity index (χ4n) is 8.47. The Kier molecular flexibility index (Phi) is 15.2. The maximum atomic E-state index is 14.6. The standard InChI is InChI=1S/C36H53N7O6.C7H6O3/c1-5-10-25(29(44)34(48)39-23-15-16-23)40-33(47)28-24-14-9-13-22(24)20-43(28)35(49)30(36(2,3)4)42-32(46)27(21-11-7-6-8-12-21)41-31(45)26-19-37-17-18-38-26;8-6-3-1-5(2-4-6)7(9)10/h17-19,21-25,27-28,30H,5-16,20H2,1-4H3,(H,39,48)(H,40,47)(H,41,45)(H,42,46);1-4,8H,(H,9,10)/t22-,24-,25-,27-,28-,30+;/m0./s1. The van der Waals surface area contributed by atoms with Crippen LogP contribution in [-0.2, 0) is 24.0 Å². The molecular weight excluding hydrogens is 759 g/mol. The van der Waals surface area contributed by atoms with E-state index in [-0.39, 0.29) is 46.7 Å². The number of phenolic OH excluding ortho intramolecular Hbond substituents is 1. The number of aromatic carboxylic acids is 1. The van der Waals surface area contributed by atoms with Gasteiger partial charge in [-0.05, 0) is 92.4 Å². The van der Waals surface area contributed by atoms with Crippen LogP contribution < -0.4 is 21.3 Å². The van der Waals surface area contributed by atoms with Crippen LogP contribution >= 0.6 is 0 Å². The van der Waals surface area contributed by atoms with Crippen molar-refractivity contribution >= 4 is 41.3 Å². The minimum Gasteiger partial charge on any atom is -0.508 e. The number of nitrogens with zero attached hydrogens (tertiary/aromatic N) is 3. The summed E-state index contributed by atoms with van der Waals surface area (Å²) in [5.41, 5.74) is -0.459. The molecule has 1 aliphatic heterocycles. The van der Waals surface area contributed by atoms with Crippen molar-refractivity contribution in [3.8, 4) is 5.75 Å². The average molecular weight is 818 g/mol. The summed E-state index contributed by atoms with van der Waals surface area (Å²) in [6.45, 7) is 7.85. The average Bonchev–Trinajstić information content (AvgIpc) is 3.78. The van der Waals surface area contributed by atoms with Gasteiger partial charge >= 0.3 is 5.97 Å². The Labute approximate surface area is 345 Å². The Morgan fingerprint density at radius 3 is 2.15 bits per heavy atom. The lowest BCUT2D eigenvalue weighted by Gasteiger charge is -2.38. The van der Waals surface area contributed by atoms with E-state index < -0.39 is 65.0 Å². The van der Waals surface area contributed by atoms with Crippen molar-refractivity contribution in [2.75, 3.05) is 6.54 Å². The van der Waals surface area contributed by atoms with Gasteiger partial charge in [0.2, 0.25) is 23.5 Å². The normalized spacial score (nSPS) is 21.7. The van der Waals surface area contributed by atoms with Crippen LogP contribution in [0.5, 0.6) is 5.75 Å². The van der Waals surface area contributed by atoms with Crippen LogP contribution in [0.4, 0.5) is 0 Å². The van der Waals surface area contributed by atoms with Gasteiger partial charge < -0.3 is 36.4 Å². The van der Waals surface area contributed by atoms with Crippen molar-refractivity contribution in [1.29, 1.82) is 0 Å². The van der Waals surface area contributed by atoms with Gasteiger partial charge in [-0.25, -0.2) is 9.78 Å². The molecule has 1 aromatic heterocycles. The first kappa shape index (κ1) is 44.7. The third-order valence-electron chi connectivity index (χ3n) is 11.8. The van der Waals surface area contributed by atoms with E-state index in [4.69, 9.17) is 10.2 Å². The summed E-state index contributed by atoms with van der Waals surface area (Å²) in [4.78, 5) is 102. The smallest absolute Gasteiger partial charge is 0.335 e. The molecule has 3 aliphatic carbocycles. The van der Waals surface area contributed by atoms with Gasteiger partial charge in [-0.3, -0.25) is 33.8 Å². The molecule has 59 heavy (non-hydrogen) atoms. The lowest BCUT2D eigenvalue weighted by molar-refractivity contribution is -0.146. The summed E-state index contributed by atoms with van der Waals surface area (Å²) < 4.78 is 0. The van der Waals surface area contributed by atoms with Gasteiger partial charge in [0, 0.05) is 25.0 Å². The van der Waals surface area contributed by atoms with E-state index in [9.17, 15) is 33.6 Å². The summed E-state index contributed by atoms with van der Waals surface area (Å²) in [5.74, 6) is -4.12. The zero-order valence-electron chi connectivity index (χ0n) is 34.4. The number of phenols is 1. The molecule has 4 fully saturated rings. The Bertz CT molecular complexity index is 1820. The maximum absolute atomic E-state index is 14.6. The number of ketones is 1. The van der Waals surface area contributed by atoms with Gasteiger partial charge in [0.1, 0.15) is 29.6 Å². The molecule has 0 bridgehead atoms. The Morgan fingerprint density at radius 2 is 1.56 bits per heavy atom. The van der Waals surface area contributed by atoms with Crippen molar-refractivity contribution < 1.29 is 43.8 Å². The number of Topliss-reactive ketones (excluding diaryl/α,β-unsaturated/α-hetero) is 1. The highest BCUT2D eigenvalue weighted by molar-refractivity contribution is 6.38. The molecule has 6 N–H and O–H groups in total. The van der Waals surface area contributed by atoms with E-state index in [0.29, 0.717) is 19.4 Å². The zero-order chi connectivity index (χ0) is 42.9. The lowest BCUT2D eigenvalue weighted by Crippen LogP contribution is -2.62. The van der Waals surface area contributed by atoms with E-state index in [1.807, 2.05) is 27.7 Å². The second-order valence-electron chi connectivity index (χ2n) is 17.4. The molecule has 0 radical (unpaired) electrons. The van der Waals surface area contributed by atoms with Gasteiger partial charge in [-0.2, -0.15) is 0 Å². The molecule has 5 amide bonds. The molecule has 1 saturated heterocycles. The van der Waals surface area contributed by atoms with E-state index in [1.54, 1.807) is 4.90 Å². The topological polar surface area (TPSA) is 237 Å². The molecule has 0 spiro atoms. The van der Waals surface area contributed by atoms with Gasteiger partial charge in [0.05, 0.1) is 17.8 Å². The van der Waals surface area contributed by atoms with E-state index in [1.165, 1.54) is 42.9 Å². The number of carboxylic acid groups (broad SMARTS) is 1. The van der Waals surface area contributed by atoms with Crippen molar-refractivity contribution in [2.24, 2.45) is 23.2 Å². The highest BCUT2D eigenvalue weighted by atomic mass is 16.4. The van der Waals surface area contributed by atoms with E-state index in [0.717, 1.165) is 64.2 Å². The van der Waals surface area contributed by atoms with Gasteiger partial charge in [-0.15, -0.1) is 0 Å². The molecule has 2 heterocycles. The van der Waals surface area contributed by atoms with Gasteiger partial charge in [0.25, 0.3) is 11.8 Å². The summed E-state index contributed by atoms with van der Waals surface area (Å²) in [6.07, 6.45) is 13.9. The van der Waals surface area contributed by atoms with Crippen LogP contribution in [0.25, 0.3) is 0 Å². The SMILES string of the molecule is CCC[C@H](NC(=O)[C@@H]1[C@H]2CCC[C@H]2CN1C(=O)[C@@H](NC(=O)[C@@H](NC(=O)c1cnccn1)C1CCCCC1)C(C)(C)C)C(=O)C(=O)NC1CC1.O=C(O)c1ccc(O)cc1. The minimum absolute atomic E-state index is 0.0132. The monoisotopic (exact) mass is 817 g/mol. The summed E-state index contributed by atoms with van der Waals surface area (Å²) >= 11 is 0. The predicted octanol–water partition coefficient (Wildman–Crippen LogP) is 3.54. The molecule has 4 aliphatic rings. The number of hydrogen-bond acceptors (Lipinski definition) is 10. The molecule has 16 nitrogen and oxygen atoms in total. The van der Waals surface area contributed by atoms with Crippen LogP contribution in [0.2, 0.25) is 0 Å². The third-order valence-corrected chi connectivity index (χ3v) is 11.8. The summed E-state index contributed by atoms with van der Waals surface area (Å²) in [5, 5.41) is 28.6. The molecular formula is C43H59N7O9. The number of carbonyl (C=O) groups excluding carboxylic acids is 6. The fourth-order valence-corrected chi connectivity index (χ4v) is 8.47. The Hall–Kier alpha value is -5.41. The quantitative estimate of drug-likeness (QED) is 0.151. The lowest BCUT2D eigenvalue weighted by atomic mass is 9.82. The zero-order valence-corrected chi connectivity index (χ0v) is 34.4. The number of hydrogen-bond donors (Lipinski definition) is 6. The predicted molar refractivity (Wildman–Crippen MR) is 216 cm³/mol. The maximum Gasteiger partial charge on any atom is 0.335 e. The first-order chi connectivity index (χ1) is 28.1. The van der Waals surface area contributed by atoms with Crippen LogP contribution in [0, 0.1) is 23.2 Å². The molecule has 3 saturated carbocycles. The van der Waals surface area contributed by atoms with Crippen molar-refractivity contribution in [1.82, 2.24) is 36.1 Å². The minimum atomic E-state index is -0.994. The highest BCUT2D eigenvalue weighted by Gasteiger charge is 2.52. The Balaban J connectivity index is 0.000000578. The van der Waals surface area contributed by atoms with Crippen molar-refractivity contribution in [3.05, 3.63) is 54.1 Å². The molecule has 320 valence electrons. The second kappa shape index (κ2) is 20.0. The number of amides is 5. The van der Waals surface area contributed by atoms with Gasteiger partial charge in [-0.1, -0.05) is 59.8 Å². The number of rotatable bonds is 14. The first-order valence-corrected chi connectivity index (χ1v) is 20.9. The molecule has 2 aromatic rings. The highest BCUT2D eigenvalue weighted by Crippen LogP contribution is 2.43. The van der Waals surface area contributed by atoms with Crippen LogP contribution in [0.1, 0.15) is 126 Å². The second-order valence-corrected chi connectivity index (χ2v) is 17.4. The molecule has 6 rings (SSSR count). The number of carboxylic acids is 1. The van der Waals surface area contributed by atoms with Crippen LogP contribution in [-0.4, -0.2) is 103 Å². The number of fused-ring (bicyclic) bond motifs is 1. The number of aromatic hydroxyl groups is 1. The Morgan fingerprint density at radius 1 is 0.864 bits per heavy atom. The molecule has 1 aromatic carbocycles. The number of benzene rings is 1. The number of carbonyl (C=O) groups is 7. The van der Waals surface area contributed by atoms with Crippen LogP contribution in [0.15, 0.2) is 42.9 Å². The van der Waals surface area contributed by atoms with Crippen LogP contribution in [0.3, 0.4) is 0 Å². The fraction of sp³-hybridized carbons (Fsp3) is 0.605. The first-order valence-electron chi connectivity index (χ1n) is 20.9. The third kappa shape index (κ3) is 11.8. The largest absolute Gasteiger partial charge is 0.508 e. The number of nitrogens with one attached hydrogen (secondary N) is 4. The van der Waals surface area contributed by atoms with E-state index >= 15 is 0 Å². The van der Waals surface area contributed by atoms with Crippen molar-refractivity contribution in [2.45, 2.75) is 135 Å². The van der Waals surface area contributed by atoms with E-state index in [2.05, 4.69) is 31.2 Å². The van der Waals surface area contributed by atoms with Gasteiger partial charge in [0.15, 0.2) is 0 Å². The van der Waals surface area contributed by atoms with Crippen molar-refractivity contribution in [3.63, 3.8) is 0 Å². The number of aromatic nitrogens is 2. The summed E-state index contributed by atoms with van der Waals surface area (Å²) in [7, 11) is 0. The molecule has 6 atom stereocenters. The molecule has 0 unspecified atom stereocenters. The summed E-state index contributed by atoms with van der Waals surface area (Å²) in [6, 6.07) is 1.69. The number of likely N-dealkylation sites (tertiary alicyclic amines) is 1.